The minimum Gasteiger partial charge on any atom is -0.338 e. The topological polar surface area (TPSA) is 71.0 Å². The van der Waals surface area contributed by atoms with Crippen LogP contribution in [-0.2, 0) is 17.8 Å². The van der Waals surface area contributed by atoms with E-state index in [2.05, 4.69) is 20.3 Å². The number of carbonyl (C=O) groups excluding carboxylic acids is 1. The van der Waals surface area contributed by atoms with Gasteiger partial charge in [0.25, 0.3) is 0 Å². The van der Waals surface area contributed by atoms with E-state index in [0.29, 0.717) is 13.1 Å². The first-order valence-corrected chi connectivity index (χ1v) is 6.93. The van der Waals surface area contributed by atoms with Gasteiger partial charge in [-0.2, -0.15) is 0 Å². The lowest BCUT2D eigenvalue weighted by molar-refractivity contribution is -0.129. The molecule has 0 aliphatic carbocycles. The molecule has 0 aromatic carbocycles. The maximum atomic E-state index is 11.6. The molecular weight excluding hydrogens is 266 g/mol. The molecule has 0 saturated carbocycles. The number of pyridine rings is 1. The van der Waals surface area contributed by atoms with E-state index in [4.69, 9.17) is 0 Å². The van der Waals surface area contributed by atoms with Crippen molar-refractivity contribution in [1.82, 2.24) is 19.9 Å². The number of nitrogens with zero attached hydrogens (tertiary/aromatic N) is 4. The van der Waals surface area contributed by atoms with Crippen molar-refractivity contribution in [3.63, 3.8) is 0 Å². The second kappa shape index (κ2) is 5.47. The summed E-state index contributed by atoms with van der Waals surface area (Å²) in [6, 6.07) is 5.66. The molecule has 21 heavy (non-hydrogen) atoms. The van der Waals surface area contributed by atoms with Crippen LogP contribution in [0.25, 0.3) is 0 Å². The van der Waals surface area contributed by atoms with Crippen LogP contribution in [0.1, 0.15) is 24.0 Å². The number of anilines is 2. The van der Waals surface area contributed by atoms with Crippen molar-refractivity contribution < 1.29 is 4.79 Å². The molecule has 1 amide bonds. The van der Waals surface area contributed by atoms with Gasteiger partial charge in [-0.1, -0.05) is 6.07 Å². The van der Waals surface area contributed by atoms with Crippen LogP contribution in [0, 0.1) is 6.92 Å². The summed E-state index contributed by atoms with van der Waals surface area (Å²) in [4.78, 5) is 26.6. The predicted octanol–water partition coefficient (Wildman–Crippen LogP) is 1.83. The summed E-state index contributed by atoms with van der Waals surface area (Å²) in [6.45, 7) is 4.72. The second-order valence-corrected chi connectivity index (χ2v) is 5.08. The van der Waals surface area contributed by atoms with Crippen molar-refractivity contribution in [2.45, 2.75) is 26.8 Å². The SMILES string of the molecule is CC(=O)N1CCc2nc(C)nc(Nc3ccccn3)c2C1. The Labute approximate surface area is 123 Å². The minimum atomic E-state index is 0.0741. The van der Waals surface area contributed by atoms with E-state index in [1.807, 2.05) is 30.0 Å². The average Bonchev–Trinajstić information content (AvgIpc) is 2.47. The molecule has 1 N–H and O–H groups in total. The van der Waals surface area contributed by atoms with Crippen molar-refractivity contribution in [2.75, 3.05) is 11.9 Å². The highest BCUT2D eigenvalue weighted by atomic mass is 16.2. The zero-order chi connectivity index (χ0) is 14.8. The molecule has 1 aliphatic rings. The smallest absolute Gasteiger partial charge is 0.219 e. The van der Waals surface area contributed by atoms with Gasteiger partial charge in [-0.05, 0) is 19.1 Å². The fourth-order valence-electron chi connectivity index (χ4n) is 2.47. The van der Waals surface area contributed by atoms with Crippen LogP contribution < -0.4 is 5.32 Å². The second-order valence-electron chi connectivity index (χ2n) is 5.08. The predicted molar refractivity (Wildman–Crippen MR) is 79.1 cm³/mol. The van der Waals surface area contributed by atoms with Gasteiger partial charge in [-0.25, -0.2) is 15.0 Å². The molecule has 0 unspecified atom stereocenters. The zero-order valence-corrected chi connectivity index (χ0v) is 12.1. The Bertz CT molecular complexity index is 671. The summed E-state index contributed by atoms with van der Waals surface area (Å²) in [5, 5.41) is 3.23. The summed E-state index contributed by atoms with van der Waals surface area (Å²) in [7, 11) is 0. The Balaban J connectivity index is 1.97. The highest BCUT2D eigenvalue weighted by molar-refractivity contribution is 5.74. The molecule has 0 atom stereocenters. The first-order valence-electron chi connectivity index (χ1n) is 6.93. The van der Waals surface area contributed by atoms with Gasteiger partial charge in [0.1, 0.15) is 17.5 Å². The summed E-state index contributed by atoms with van der Waals surface area (Å²) in [6.07, 6.45) is 2.49. The van der Waals surface area contributed by atoms with Crippen LogP contribution in [0.2, 0.25) is 0 Å². The first kappa shape index (κ1) is 13.5. The minimum absolute atomic E-state index is 0.0741. The van der Waals surface area contributed by atoms with Crippen LogP contribution in [0.5, 0.6) is 0 Å². The number of nitrogens with one attached hydrogen (secondary N) is 1. The normalized spacial score (nSPS) is 13.7. The van der Waals surface area contributed by atoms with Gasteiger partial charge >= 0.3 is 0 Å². The molecule has 6 nitrogen and oxygen atoms in total. The molecule has 3 heterocycles. The molecule has 0 saturated heterocycles. The number of carbonyl (C=O) groups is 1. The molecule has 0 spiro atoms. The third kappa shape index (κ3) is 2.84. The molecule has 0 radical (unpaired) electrons. The molecular formula is C15H17N5O. The number of fused-ring (bicyclic) bond motifs is 1. The Hall–Kier alpha value is -2.50. The quantitative estimate of drug-likeness (QED) is 0.910. The monoisotopic (exact) mass is 283 g/mol. The summed E-state index contributed by atoms with van der Waals surface area (Å²) in [5.74, 6) is 2.27. The highest BCUT2D eigenvalue weighted by Crippen LogP contribution is 2.25. The molecule has 6 heteroatoms. The lowest BCUT2D eigenvalue weighted by Gasteiger charge is -2.28. The molecule has 1 aliphatic heterocycles. The van der Waals surface area contributed by atoms with Gasteiger partial charge in [-0.15, -0.1) is 0 Å². The van der Waals surface area contributed by atoms with E-state index in [1.165, 1.54) is 0 Å². The van der Waals surface area contributed by atoms with Gasteiger partial charge in [0.15, 0.2) is 0 Å². The van der Waals surface area contributed by atoms with E-state index in [0.717, 1.165) is 35.1 Å². The van der Waals surface area contributed by atoms with Crippen LogP contribution in [0.4, 0.5) is 11.6 Å². The Morgan fingerprint density at radius 3 is 2.90 bits per heavy atom. The Morgan fingerprint density at radius 2 is 2.19 bits per heavy atom. The van der Waals surface area contributed by atoms with Crippen LogP contribution >= 0.6 is 0 Å². The fourth-order valence-corrected chi connectivity index (χ4v) is 2.47. The van der Waals surface area contributed by atoms with Crippen LogP contribution in [0.3, 0.4) is 0 Å². The number of amides is 1. The van der Waals surface area contributed by atoms with Crippen molar-refractivity contribution in [3.8, 4) is 0 Å². The van der Waals surface area contributed by atoms with Crippen molar-refractivity contribution in [2.24, 2.45) is 0 Å². The van der Waals surface area contributed by atoms with Gasteiger partial charge in [-0.3, -0.25) is 4.79 Å². The maximum Gasteiger partial charge on any atom is 0.219 e. The Morgan fingerprint density at radius 1 is 1.33 bits per heavy atom. The standard InChI is InChI=1S/C15H17N5O/c1-10-17-13-6-8-20(11(2)21)9-12(13)15(18-10)19-14-5-3-4-7-16-14/h3-5,7H,6,8-9H2,1-2H3,(H,16,17,18,19). The van der Waals surface area contributed by atoms with Crippen molar-refractivity contribution in [1.29, 1.82) is 0 Å². The van der Waals surface area contributed by atoms with Gasteiger partial charge in [0.2, 0.25) is 5.91 Å². The van der Waals surface area contributed by atoms with E-state index in [1.54, 1.807) is 13.1 Å². The number of rotatable bonds is 2. The van der Waals surface area contributed by atoms with E-state index in [9.17, 15) is 4.79 Å². The number of aromatic nitrogens is 3. The number of hydrogen-bond donors (Lipinski definition) is 1. The summed E-state index contributed by atoms with van der Waals surface area (Å²) < 4.78 is 0. The lowest BCUT2D eigenvalue weighted by Crippen LogP contribution is -2.35. The van der Waals surface area contributed by atoms with Crippen molar-refractivity contribution >= 4 is 17.5 Å². The van der Waals surface area contributed by atoms with Crippen LogP contribution in [0.15, 0.2) is 24.4 Å². The van der Waals surface area contributed by atoms with Crippen LogP contribution in [-0.4, -0.2) is 32.3 Å². The molecule has 3 rings (SSSR count). The highest BCUT2D eigenvalue weighted by Gasteiger charge is 2.23. The summed E-state index contributed by atoms with van der Waals surface area (Å²) >= 11 is 0. The van der Waals surface area contributed by atoms with Gasteiger partial charge in [0.05, 0.1) is 12.2 Å². The number of hydrogen-bond acceptors (Lipinski definition) is 5. The zero-order valence-electron chi connectivity index (χ0n) is 12.1. The number of aryl methyl sites for hydroxylation is 1. The third-order valence-electron chi connectivity index (χ3n) is 3.53. The lowest BCUT2D eigenvalue weighted by atomic mass is 10.1. The summed E-state index contributed by atoms with van der Waals surface area (Å²) in [5.41, 5.74) is 1.99. The molecule has 2 aromatic heterocycles. The third-order valence-corrected chi connectivity index (χ3v) is 3.53. The van der Waals surface area contributed by atoms with Crippen molar-refractivity contribution in [3.05, 3.63) is 41.5 Å². The van der Waals surface area contributed by atoms with E-state index < -0.39 is 0 Å². The average molecular weight is 283 g/mol. The van der Waals surface area contributed by atoms with Gasteiger partial charge < -0.3 is 10.2 Å². The van der Waals surface area contributed by atoms with E-state index in [-0.39, 0.29) is 5.91 Å². The largest absolute Gasteiger partial charge is 0.338 e. The molecule has 0 bridgehead atoms. The molecule has 2 aromatic rings. The first-order chi connectivity index (χ1) is 10.1. The fraction of sp³-hybridized carbons (Fsp3) is 0.333. The van der Waals surface area contributed by atoms with Gasteiger partial charge in [0, 0.05) is 31.6 Å². The maximum absolute atomic E-state index is 11.6. The molecule has 0 fully saturated rings. The molecule has 108 valence electrons. The Kier molecular flexibility index (Phi) is 3.51. The van der Waals surface area contributed by atoms with E-state index >= 15 is 0 Å².